The monoisotopic (exact) mass is 350 g/mol. The van der Waals surface area contributed by atoms with Crippen molar-refractivity contribution in [1.29, 1.82) is 0 Å². The zero-order valence-corrected chi connectivity index (χ0v) is 16.0. The van der Waals surface area contributed by atoms with Gasteiger partial charge in [0.15, 0.2) is 0 Å². The summed E-state index contributed by atoms with van der Waals surface area (Å²) in [5.41, 5.74) is 5.52. The van der Waals surface area contributed by atoms with Crippen molar-refractivity contribution in [3.63, 3.8) is 0 Å². The molecule has 0 spiro atoms. The van der Waals surface area contributed by atoms with E-state index in [2.05, 4.69) is 55.5 Å². The molecule has 1 heteroatoms. The smallest absolute Gasteiger partial charge is 0.0827 e. The molecule has 0 unspecified atom stereocenters. The number of allylic oxidation sites excluding steroid dienone is 1. The summed E-state index contributed by atoms with van der Waals surface area (Å²) in [6, 6.07) is 18.2. The van der Waals surface area contributed by atoms with Gasteiger partial charge in [0.2, 0.25) is 0 Å². The second kappa shape index (κ2) is 9.71. The van der Waals surface area contributed by atoms with E-state index < -0.39 is 0 Å². The molecule has 0 bridgehead atoms. The maximum atomic E-state index is 12.1. The number of rotatable bonds is 7. The lowest BCUT2D eigenvalue weighted by Gasteiger charge is -2.28. The average molecular weight is 351 g/mol. The van der Waals surface area contributed by atoms with Crippen LogP contribution in [0.2, 0.25) is 0 Å². The molecule has 1 aliphatic carbocycles. The Morgan fingerprint density at radius 1 is 0.885 bits per heavy atom. The molecule has 0 radical (unpaired) electrons. The van der Waals surface area contributed by atoms with Crippen molar-refractivity contribution in [2.45, 2.75) is 64.2 Å². The zero-order valence-electron chi connectivity index (χ0n) is 16.0. The summed E-state index contributed by atoms with van der Waals surface area (Å²) < 4.78 is 12.1. The van der Waals surface area contributed by atoms with Crippen LogP contribution in [-0.4, -0.2) is 0 Å². The first-order valence-electron chi connectivity index (χ1n) is 10.2. The predicted molar refractivity (Wildman–Crippen MR) is 110 cm³/mol. The molecule has 26 heavy (non-hydrogen) atoms. The van der Waals surface area contributed by atoms with Gasteiger partial charge in [-0.3, -0.25) is 0 Å². The van der Waals surface area contributed by atoms with Crippen LogP contribution in [0.25, 0.3) is 11.1 Å². The predicted octanol–water partition coefficient (Wildman–Crippen LogP) is 7.84. The molecule has 138 valence electrons. The third-order valence-electron chi connectivity index (χ3n) is 5.89. The molecule has 1 fully saturated rings. The summed E-state index contributed by atoms with van der Waals surface area (Å²) >= 11 is 0. The van der Waals surface area contributed by atoms with Crippen LogP contribution in [0.4, 0.5) is 4.39 Å². The standard InChI is InChI=1S/C25H31F/c1-2-5-20-7-11-22(12-8-20)24-15-17-25(18-16-24)23-13-9-21(10-14-23)6-3-4-19-26/h4,7-8,11-12,15-19,21,23H,2-3,5-6,9-10,13-14H2,1H3/t21-,23-. The van der Waals surface area contributed by atoms with E-state index in [1.54, 1.807) is 6.08 Å². The molecule has 0 aliphatic heterocycles. The van der Waals surface area contributed by atoms with Crippen LogP contribution in [0.15, 0.2) is 60.9 Å². The lowest BCUT2D eigenvalue weighted by Crippen LogP contribution is -2.13. The minimum atomic E-state index is 0.685. The molecule has 0 nitrogen and oxygen atoms in total. The molecule has 0 aromatic heterocycles. The van der Waals surface area contributed by atoms with Gasteiger partial charge in [0.1, 0.15) is 0 Å². The lowest BCUT2D eigenvalue weighted by molar-refractivity contribution is 0.311. The fourth-order valence-electron chi connectivity index (χ4n) is 4.28. The van der Waals surface area contributed by atoms with Crippen LogP contribution in [-0.2, 0) is 6.42 Å². The van der Waals surface area contributed by atoms with Crippen LogP contribution in [0.5, 0.6) is 0 Å². The van der Waals surface area contributed by atoms with Gasteiger partial charge in [0, 0.05) is 0 Å². The molecule has 0 heterocycles. The normalized spacial score (nSPS) is 20.5. The van der Waals surface area contributed by atoms with Crippen LogP contribution >= 0.6 is 0 Å². The van der Waals surface area contributed by atoms with Crippen molar-refractivity contribution in [3.8, 4) is 11.1 Å². The minimum absolute atomic E-state index is 0.685. The summed E-state index contributed by atoms with van der Waals surface area (Å²) in [5.74, 6) is 1.48. The Labute approximate surface area is 158 Å². The van der Waals surface area contributed by atoms with E-state index in [1.165, 1.54) is 54.4 Å². The molecular weight excluding hydrogens is 319 g/mol. The van der Waals surface area contributed by atoms with Crippen molar-refractivity contribution >= 4 is 0 Å². The zero-order chi connectivity index (χ0) is 18.2. The average Bonchev–Trinajstić information content (AvgIpc) is 2.70. The SMILES string of the molecule is CCCc1ccc(-c2ccc([C@H]3CC[C@H](CCC=CF)CC3)cc2)cc1. The highest BCUT2D eigenvalue weighted by molar-refractivity contribution is 5.64. The van der Waals surface area contributed by atoms with Crippen LogP contribution < -0.4 is 0 Å². The van der Waals surface area contributed by atoms with Gasteiger partial charge < -0.3 is 0 Å². The Balaban J connectivity index is 1.56. The Morgan fingerprint density at radius 2 is 1.50 bits per heavy atom. The highest BCUT2D eigenvalue weighted by atomic mass is 19.1. The first-order chi connectivity index (χ1) is 12.8. The first-order valence-corrected chi connectivity index (χ1v) is 10.2. The van der Waals surface area contributed by atoms with Gasteiger partial charge in [0.05, 0.1) is 6.33 Å². The van der Waals surface area contributed by atoms with Gasteiger partial charge in [0.25, 0.3) is 0 Å². The first kappa shape index (κ1) is 18.9. The van der Waals surface area contributed by atoms with Gasteiger partial charge in [-0.1, -0.05) is 68.0 Å². The van der Waals surface area contributed by atoms with E-state index in [0.29, 0.717) is 12.2 Å². The third kappa shape index (κ3) is 5.06. The van der Waals surface area contributed by atoms with Crippen molar-refractivity contribution in [3.05, 3.63) is 72.1 Å². The highest BCUT2D eigenvalue weighted by Gasteiger charge is 2.21. The lowest BCUT2D eigenvalue weighted by atomic mass is 9.77. The van der Waals surface area contributed by atoms with E-state index in [4.69, 9.17) is 0 Å². The quantitative estimate of drug-likeness (QED) is 0.477. The Hall–Kier alpha value is -1.89. The van der Waals surface area contributed by atoms with Gasteiger partial charge in [-0.15, -0.1) is 0 Å². The van der Waals surface area contributed by atoms with Crippen molar-refractivity contribution in [2.24, 2.45) is 5.92 Å². The molecule has 1 saturated carbocycles. The van der Waals surface area contributed by atoms with Gasteiger partial charge in [-0.2, -0.15) is 0 Å². The molecule has 3 rings (SSSR count). The maximum absolute atomic E-state index is 12.1. The molecule has 2 aromatic rings. The molecular formula is C25H31F. The number of benzene rings is 2. The summed E-state index contributed by atoms with van der Waals surface area (Å²) in [5, 5.41) is 0. The Kier molecular flexibility index (Phi) is 7.05. The van der Waals surface area contributed by atoms with E-state index >= 15 is 0 Å². The second-order valence-corrected chi connectivity index (χ2v) is 7.73. The molecule has 0 saturated heterocycles. The second-order valence-electron chi connectivity index (χ2n) is 7.73. The molecule has 0 amide bonds. The fraction of sp³-hybridized carbons (Fsp3) is 0.440. The van der Waals surface area contributed by atoms with E-state index in [1.807, 2.05) is 0 Å². The van der Waals surface area contributed by atoms with Crippen LogP contribution in [0, 0.1) is 5.92 Å². The summed E-state index contributed by atoms with van der Waals surface area (Å²) in [7, 11) is 0. The summed E-state index contributed by atoms with van der Waals surface area (Å²) in [4.78, 5) is 0. The molecule has 2 aromatic carbocycles. The van der Waals surface area contributed by atoms with Crippen LogP contribution in [0.1, 0.15) is 68.9 Å². The topological polar surface area (TPSA) is 0 Å². The number of aryl methyl sites for hydroxylation is 1. The van der Waals surface area contributed by atoms with E-state index in [0.717, 1.165) is 25.2 Å². The van der Waals surface area contributed by atoms with Gasteiger partial charge >= 0.3 is 0 Å². The Bertz CT molecular complexity index is 673. The third-order valence-corrected chi connectivity index (χ3v) is 5.89. The number of hydrogen-bond donors (Lipinski definition) is 0. The Morgan fingerprint density at radius 3 is 2.08 bits per heavy atom. The van der Waals surface area contributed by atoms with Crippen molar-refractivity contribution in [1.82, 2.24) is 0 Å². The van der Waals surface area contributed by atoms with Gasteiger partial charge in [-0.25, -0.2) is 4.39 Å². The summed E-state index contributed by atoms with van der Waals surface area (Å²) in [6.07, 6.45) is 11.8. The minimum Gasteiger partial charge on any atom is -0.216 e. The summed E-state index contributed by atoms with van der Waals surface area (Å²) in [6.45, 7) is 2.22. The van der Waals surface area contributed by atoms with E-state index in [9.17, 15) is 4.39 Å². The number of halogens is 1. The molecule has 0 N–H and O–H groups in total. The highest BCUT2D eigenvalue weighted by Crippen LogP contribution is 2.38. The largest absolute Gasteiger partial charge is 0.216 e. The van der Waals surface area contributed by atoms with E-state index in [-0.39, 0.29) is 0 Å². The van der Waals surface area contributed by atoms with Gasteiger partial charge in [-0.05, 0) is 79.0 Å². The maximum Gasteiger partial charge on any atom is 0.0827 e. The molecule has 1 aliphatic rings. The molecule has 0 atom stereocenters. The van der Waals surface area contributed by atoms with Crippen molar-refractivity contribution in [2.75, 3.05) is 0 Å². The van der Waals surface area contributed by atoms with Crippen molar-refractivity contribution < 1.29 is 4.39 Å². The number of hydrogen-bond acceptors (Lipinski definition) is 0. The fourth-order valence-corrected chi connectivity index (χ4v) is 4.28. The van der Waals surface area contributed by atoms with Crippen LogP contribution in [0.3, 0.4) is 0 Å².